The average Bonchev–Trinajstić information content (AvgIpc) is 2.65. The first-order valence-electron chi connectivity index (χ1n) is 8.65. The number of carbonyl (C=O) groups excluding carboxylic acids is 1. The molecule has 0 aromatic heterocycles. The fourth-order valence-corrected chi connectivity index (χ4v) is 3.07. The van der Waals surface area contributed by atoms with Gasteiger partial charge in [0.1, 0.15) is 12.4 Å². The van der Waals surface area contributed by atoms with E-state index < -0.39 is 18.4 Å². The molecule has 0 bridgehead atoms. The van der Waals surface area contributed by atoms with Gasteiger partial charge in [-0.3, -0.25) is 4.79 Å². The summed E-state index contributed by atoms with van der Waals surface area (Å²) in [5, 5.41) is 0. The summed E-state index contributed by atoms with van der Waals surface area (Å²) in [6.45, 7) is 0.398. The van der Waals surface area contributed by atoms with E-state index in [1.165, 1.54) is 4.90 Å². The van der Waals surface area contributed by atoms with Gasteiger partial charge in [0.05, 0.1) is 6.54 Å². The van der Waals surface area contributed by atoms with E-state index in [9.17, 15) is 13.6 Å². The zero-order valence-electron chi connectivity index (χ0n) is 14.5. The molecular weight excluding hydrogens is 338 g/mol. The molecule has 138 valence electrons. The number of rotatable bonds is 5. The molecule has 1 aliphatic heterocycles. The molecule has 0 unspecified atom stereocenters. The molecule has 4 nitrogen and oxygen atoms in total. The smallest absolute Gasteiger partial charge is 0.265 e. The van der Waals surface area contributed by atoms with Crippen LogP contribution in [-0.4, -0.2) is 29.8 Å². The van der Waals surface area contributed by atoms with Crippen molar-refractivity contribution in [3.8, 4) is 5.75 Å². The van der Waals surface area contributed by atoms with Gasteiger partial charge >= 0.3 is 0 Å². The number of nitrogens with zero attached hydrogens (tertiary/aromatic N) is 1. The van der Waals surface area contributed by atoms with Crippen LogP contribution in [0, 0.1) is 0 Å². The summed E-state index contributed by atoms with van der Waals surface area (Å²) in [7, 11) is 0. The molecule has 2 aromatic rings. The van der Waals surface area contributed by atoms with Crippen LogP contribution in [0.5, 0.6) is 5.75 Å². The van der Waals surface area contributed by atoms with Crippen LogP contribution in [0.2, 0.25) is 0 Å². The number of likely N-dealkylation sites (tertiary alicyclic amines) is 1. The fourth-order valence-electron chi connectivity index (χ4n) is 3.07. The number of halogens is 2. The van der Waals surface area contributed by atoms with Crippen molar-refractivity contribution in [2.24, 2.45) is 5.73 Å². The topological polar surface area (TPSA) is 55.6 Å². The minimum Gasteiger partial charge on any atom is -0.489 e. The van der Waals surface area contributed by atoms with Crippen LogP contribution in [0.4, 0.5) is 8.78 Å². The third kappa shape index (κ3) is 4.38. The molecular formula is C20H22F2N2O2. The number of piperidine rings is 1. The highest BCUT2D eigenvalue weighted by Crippen LogP contribution is 2.28. The van der Waals surface area contributed by atoms with Gasteiger partial charge in [-0.2, -0.15) is 0 Å². The van der Waals surface area contributed by atoms with E-state index in [2.05, 4.69) is 0 Å². The Balaban J connectivity index is 1.72. The van der Waals surface area contributed by atoms with Crippen molar-refractivity contribution >= 4 is 5.91 Å². The second-order valence-corrected chi connectivity index (χ2v) is 6.49. The van der Waals surface area contributed by atoms with E-state index in [1.807, 2.05) is 30.3 Å². The molecule has 1 fully saturated rings. The SMILES string of the molecule is NCc1cc(C(=O)N2CCCC(F)(F)C2)ccc1OCc1ccccc1. The maximum Gasteiger partial charge on any atom is 0.265 e. The Labute approximate surface area is 151 Å². The largest absolute Gasteiger partial charge is 0.489 e. The van der Waals surface area contributed by atoms with Crippen molar-refractivity contribution in [1.29, 1.82) is 0 Å². The molecule has 1 aliphatic rings. The van der Waals surface area contributed by atoms with E-state index in [-0.39, 0.29) is 13.0 Å². The number of ether oxygens (including phenoxy) is 1. The molecule has 6 heteroatoms. The summed E-state index contributed by atoms with van der Waals surface area (Å²) >= 11 is 0. The van der Waals surface area contributed by atoms with Crippen LogP contribution in [0.15, 0.2) is 48.5 Å². The molecule has 0 spiro atoms. The van der Waals surface area contributed by atoms with Gasteiger partial charge in [-0.15, -0.1) is 0 Å². The zero-order chi connectivity index (χ0) is 18.6. The summed E-state index contributed by atoms with van der Waals surface area (Å²) in [5.41, 5.74) is 7.84. The van der Waals surface area contributed by atoms with Crippen molar-refractivity contribution in [2.75, 3.05) is 13.1 Å². The minimum absolute atomic E-state index is 0.170. The Morgan fingerprint density at radius 1 is 1.19 bits per heavy atom. The minimum atomic E-state index is -2.82. The summed E-state index contributed by atoms with van der Waals surface area (Å²) in [4.78, 5) is 13.8. The van der Waals surface area contributed by atoms with Crippen molar-refractivity contribution in [2.45, 2.75) is 31.9 Å². The highest BCUT2D eigenvalue weighted by Gasteiger charge is 2.37. The molecule has 0 radical (unpaired) electrons. The molecule has 0 aliphatic carbocycles. The number of benzene rings is 2. The first kappa shape index (κ1) is 18.3. The lowest BCUT2D eigenvalue weighted by molar-refractivity contribution is -0.0560. The lowest BCUT2D eigenvalue weighted by atomic mass is 10.0. The summed E-state index contributed by atoms with van der Waals surface area (Å²) in [6.07, 6.45) is 0.137. The number of hydrogen-bond acceptors (Lipinski definition) is 3. The van der Waals surface area contributed by atoms with Crippen LogP contribution in [0.25, 0.3) is 0 Å². The lowest BCUT2D eigenvalue weighted by Crippen LogP contribution is -2.45. The van der Waals surface area contributed by atoms with Gasteiger partial charge in [0.15, 0.2) is 0 Å². The first-order valence-corrected chi connectivity index (χ1v) is 8.65. The van der Waals surface area contributed by atoms with Gasteiger partial charge in [-0.05, 0) is 30.2 Å². The fraction of sp³-hybridized carbons (Fsp3) is 0.350. The highest BCUT2D eigenvalue weighted by atomic mass is 19.3. The molecule has 26 heavy (non-hydrogen) atoms. The number of alkyl halides is 2. The van der Waals surface area contributed by atoms with Crippen LogP contribution < -0.4 is 10.5 Å². The Morgan fingerprint density at radius 3 is 2.65 bits per heavy atom. The average molecular weight is 360 g/mol. The van der Waals surface area contributed by atoms with E-state index in [4.69, 9.17) is 10.5 Å². The van der Waals surface area contributed by atoms with Gasteiger partial charge < -0.3 is 15.4 Å². The van der Waals surface area contributed by atoms with E-state index in [0.29, 0.717) is 36.4 Å². The van der Waals surface area contributed by atoms with Gasteiger partial charge in [-0.25, -0.2) is 8.78 Å². The molecule has 1 saturated heterocycles. The normalized spacial score (nSPS) is 16.3. The van der Waals surface area contributed by atoms with Gasteiger partial charge in [0, 0.05) is 30.6 Å². The Kier molecular flexibility index (Phi) is 5.52. The second kappa shape index (κ2) is 7.83. The molecule has 1 heterocycles. The van der Waals surface area contributed by atoms with Gasteiger partial charge in [0.2, 0.25) is 0 Å². The second-order valence-electron chi connectivity index (χ2n) is 6.49. The Bertz CT molecular complexity index is 766. The van der Waals surface area contributed by atoms with Crippen molar-refractivity contribution in [3.63, 3.8) is 0 Å². The summed E-state index contributed by atoms with van der Waals surface area (Å²) in [5.74, 6) is -2.62. The first-order chi connectivity index (χ1) is 12.5. The lowest BCUT2D eigenvalue weighted by Gasteiger charge is -2.32. The standard InChI is InChI=1S/C20H22F2N2O2/c21-20(22)9-4-10-24(14-20)19(25)16-7-8-18(17(11-16)12-23)26-13-15-5-2-1-3-6-15/h1-3,5-8,11H,4,9-10,12-14,23H2. The quantitative estimate of drug-likeness (QED) is 0.886. The van der Waals surface area contributed by atoms with E-state index in [1.54, 1.807) is 18.2 Å². The number of carbonyl (C=O) groups is 1. The Morgan fingerprint density at radius 2 is 1.96 bits per heavy atom. The van der Waals surface area contributed by atoms with E-state index >= 15 is 0 Å². The predicted octanol–water partition coefficient (Wildman–Crippen LogP) is 3.60. The van der Waals surface area contributed by atoms with Crippen molar-refractivity contribution < 1.29 is 18.3 Å². The van der Waals surface area contributed by atoms with Crippen LogP contribution in [0.1, 0.15) is 34.3 Å². The van der Waals surface area contributed by atoms with Gasteiger partial charge in [-0.1, -0.05) is 30.3 Å². The molecule has 0 atom stereocenters. The predicted molar refractivity (Wildman–Crippen MR) is 95.2 cm³/mol. The zero-order valence-corrected chi connectivity index (χ0v) is 14.5. The third-order valence-electron chi connectivity index (χ3n) is 4.44. The maximum absolute atomic E-state index is 13.6. The number of amides is 1. The maximum atomic E-state index is 13.6. The molecule has 2 aromatic carbocycles. The molecule has 0 saturated carbocycles. The Hall–Kier alpha value is -2.47. The molecule has 1 amide bonds. The summed E-state index contributed by atoms with van der Waals surface area (Å²) in [6, 6.07) is 14.6. The van der Waals surface area contributed by atoms with E-state index in [0.717, 1.165) is 5.56 Å². The summed E-state index contributed by atoms with van der Waals surface area (Å²) < 4.78 is 32.9. The molecule has 2 N–H and O–H groups in total. The van der Waals surface area contributed by atoms with Crippen molar-refractivity contribution in [3.05, 3.63) is 65.2 Å². The number of hydrogen-bond donors (Lipinski definition) is 1. The van der Waals surface area contributed by atoms with Crippen LogP contribution in [0.3, 0.4) is 0 Å². The third-order valence-corrected chi connectivity index (χ3v) is 4.44. The van der Waals surface area contributed by atoms with Crippen LogP contribution in [-0.2, 0) is 13.2 Å². The van der Waals surface area contributed by atoms with Crippen LogP contribution >= 0.6 is 0 Å². The number of nitrogens with two attached hydrogens (primary N) is 1. The monoisotopic (exact) mass is 360 g/mol. The van der Waals surface area contributed by atoms with Crippen molar-refractivity contribution in [1.82, 2.24) is 4.90 Å². The molecule has 3 rings (SSSR count). The van der Waals surface area contributed by atoms with Gasteiger partial charge in [0.25, 0.3) is 11.8 Å². The highest BCUT2D eigenvalue weighted by molar-refractivity contribution is 5.94.